The van der Waals surface area contributed by atoms with E-state index in [1.807, 2.05) is 0 Å². The first-order valence-corrected chi connectivity index (χ1v) is 6.30. The number of nitrogens with one attached hydrogen (secondary N) is 1. The standard InChI is InChI=1S/C13H15F3N4/c1-2-7-17-8-11-9-20(19-18-11)12-5-3-10(4-6-12)13(14,15)16/h3-6,9,17H,2,7-8H2,1H3. The van der Waals surface area contributed by atoms with E-state index in [1.165, 1.54) is 16.8 Å². The SMILES string of the molecule is CCCNCc1cn(-c2ccc(C(F)(F)F)cc2)nn1. The maximum Gasteiger partial charge on any atom is 0.416 e. The van der Waals surface area contributed by atoms with Gasteiger partial charge in [-0.25, -0.2) is 4.68 Å². The molecule has 0 fully saturated rings. The quantitative estimate of drug-likeness (QED) is 0.859. The Morgan fingerprint density at radius 2 is 1.90 bits per heavy atom. The highest BCUT2D eigenvalue weighted by atomic mass is 19.4. The topological polar surface area (TPSA) is 42.7 Å². The molecule has 0 atom stereocenters. The van der Waals surface area contributed by atoms with Crippen molar-refractivity contribution in [1.29, 1.82) is 0 Å². The fourth-order valence-electron chi connectivity index (χ4n) is 1.70. The molecule has 1 aromatic heterocycles. The van der Waals surface area contributed by atoms with Crippen LogP contribution in [-0.4, -0.2) is 21.5 Å². The summed E-state index contributed by atoms with van der Waals surface area (Å²) in [7, 11) is 0. The highest BCUT2D eigenvalue weighted by molar-refractivity contribution is 5.34. The van der Waals surface area contributed by atoms with Crippen LogP contribution in [0.15, 0.2) is 30.5 Å². The molecule has 0 saturated heterocycles. The van der Waals surface area contributed by atoms with Crippen molar-refractivity contribution in [2.24, 2.45) is 0 Å². The molecule has 0 saturated carbocycles. The molecular formula is C13H15F3N4. The third-order valence-electron chi connectivity index (χ3n) is 2.73. The van der Waals surface area contributed by atoms with Crippen LogP contribution in [0.25, 0.3) is 5.69 Å². The molecule has 1 heterocycles. The van der Waals surface area contributed by atoms with Gasteiger partial charge in [0.15, 0.2) is 0 Å². The average molecular weight is 284 g/mol. The molecule has 2 aromatic rings. The van der Waals surface area contributed by atoms with E-state index in [4.69, 9.17) is 0 Å². The van der Waals surface area contributed by atoms with Gasteiger partial charge in [0.25, 0.3) is 0 Å². The number of hydrogen-bond acceptors (Lipinski definition) is 3. The molecule has 1 aromatic carbocycles. The van der Waals surface area contributed by atoms with E-state index in [9.17, 15) is 13.2 Å². The van der Waals surface area contributed by atoms with Gasteiger partial charge in [-0.3, -0.25) is 0 Å². The lowest BCUT2D eigenvalue weighted by atomic mass is 10.2. The predicted molar refractivity (Wildman–Crippen MR) is 68.4 cm³/mol. The van der Waals surface area contributed by atoms with Gasteiger partial charge in [0.05, 0.1) is 23.1 Å². The number of hydrogen-bond donors (Lipinski definition) is 1. The monoisotopic (exact) mass is 284 g/mol. The van der Waals surface area contributed by atoms with Crippen molar-refractivity contribution in [3.63, 3.8) is 0 Å². The summed E-state index contributed by atoms with van der Waals surface area (Å²) < 4.78 is 38.8. The van der Waals surface area contributed by atoms with E-state index >= 15 is 0 Å². The molecule has 1 N–H and O–H groups in total. The molecule has 0 aliphatic rings. The minimum absolute atomic E-state index is 0.548. The number of rotatable bonds is 5. The average Bonchev–Trinajstić information content (AvgIpc) is 2.87. The molecule has 20 heavy (non-hydrogen) atoms. The van der Waals surface area contributed by atoms with Crippen molar-refractivity contribution in [1.82, 2.24) is 20.3 Å². The summed E-state index contributed by atoms with van der Waals surface area (Å²) in [6, 6.07) is 4.82. The second-order valence-electron chi connectivity index (χ2n) is 4.38. The minimum Gasteiger partial charge on any atom is -0.311 e. The highest BCUT2D eigenvalue weighted by Gasteiger charge is 2.30. The molecule has 2 rings (SSSR count). The first-order chi connectivity index (χ1) is 9.50. The summed E-state index contributed by atoms with van der Waals surface area (Å²) in [6.45, 7) is 3.54. The van der Waals surface area contributed by atoms with Crippen molar-refractivity contribution in [3.8, 4) is 5.69 Å². The van der Waals surface area contributed by atoms with Crippen LogP contribution < -0.4 is 5.32 Å². The summed E-state index contributed by atoms with van der Waals surface area (Å²) >= 11 is 0. The zero-order chi connectivity index (χ0) is 14.6. The molecule has 0 amide bonds. The van der Waals surface area contributed by atoms with E-state index < -0.39 is 11.7 Å². The molecular weight excluding hydrogens is 269 g/mol. The minimum atomic E-state index is -4.32. The maximum atomic E-state index is 12.5. The Hall–Kier alpha value is -1.89. The molecule has 7 heteroatoms. The van der Waals surface area contributed by atoms with Crippen molar-refractivity contribution in [2.75, 3.05) is 6.54 Å². The summed E-state index contributed by atoms with van der Waals surface area (Å²) in [5.41, 5.74) is 0.622. The lowest BCUT2D eigenvalue weighted by molar-refractivity contribution is -0.137. The van der Waals surface area contributed by atoms with Gasteiger partial charge in [-0.1, -0.05) is 12.1 Å². The van der Waals surface area contributed by atoms with Crippen LogP contribution in [0, 0.1) is 0 Å². The summed E-state index contributed by atoms with van der Waals surface area (Å²) in [6.07, 6.45) is -1.60. The van der Waals surface area contributed by atoms with Crippen molar-refractivity contribution < 1.29 is 13.2 Å². The lowest BCUT2D eigenvalue weighted by Crippen LogP contribution is -2.13. The molecule has 0 bridgehead atoms. The fourth-order valence-corrected chi connectivity index (χ4v) is 1.70. The molecule has 0 aliphatic heterocycles. The molecule has 0 unspecified atom stereocenters. The van der Waals surface area contributed by atoms with E-state index in [1.54, 1.807) is 6.20 Å². The third kappa shape index (κ3) is 3.57. The van der Waals surface area contributed by atoms with E-state index in [0.717, 1.165) is 30.8 Å². The normalized spacial score (nSPS) is 11.8. The van der Waals surface area contributed by atoms with E-state index in [2.05, 4.69) is 22.6 Å². The van der Waals surface area contributed by atoms with Crippen LogP contribution in [0.5, 0.6) is 0 Å². The van der Waals surface area contributed by atoms with Crippen LogP contribution in [0.1, 0.15) is 24.6 Å². The Morgan fingerprint density at radius 1 is 1.20 bits per heavy atom. The van der Waals surface area contributed by atoms with Crippen LogP contribution in [-0.2, 0) is 12.7 Å². The predicted octanol–water partition coefficient (Wildman–Crippen LogP) is 2.79. The smallest absolute Gasteiger partial charge is 0.311 e. The zero-order valence-electron chi connectivity index (χ0n) is 11.0. The number of aromatic nitrogens is 3. The fraction of sp³-hybridized carbons (Fsp3) is 0.385. The Kier molecular flexibility index (Phi) is 4.39. The molecule has 0 radical (unpaired) electrons. The van der Waals surface area contributed by atoms with Crippen LogP contribution in [0.4, 0.5) is 13.2 Å². The molecule has 4 nitrogen and oxygen atoms in total. The number of alkyl halides is 3. The Morgan fingerprint density at radius 3 is 2.50 bits per heavy atom. The second kappa shape index (κ2) is 6.04. The van der Waals surface area contributed by atoms with Crippen molar-refractivity contribution in [3.05, 3.63) is 41.7 Å². The summed E-state index contributed by atoms with van der Waals surface area (Å²) in [4.78, 5) is 0. The largest absolute Gasteiger partial charge is 0.416 e. The van der Waals surface area contributed by atoms with Gasteiger partial charge >= 0.3 is 6.18 Å². The number of benzene rings is 1. The van der Waals surface area contributed by atoms with Gasteiger partial charge in [-0.2, -0.15) is 13.2 Å². The van der Waals surface area contributed by atoms with Crippen LogP contribution >= 0.6 is 0 Å². The molecule has 108 valence electrons. The van der Waals surface area contributed by atoms with Crippen molar-refractivity contribution >= 4 is 0 Å². The second-order valence-corrected chi connectivity index (χ2v) is 4.38. The third-order valence-corrected chi connectivity index (χ3v) is 2.73. The first kappa shape index (κ1) is 14.5. The van der Waals surface area contributed by atoms with Crippen molar-refractivity contribution in [2.45, 2.75) is 26.1 Å². The zero-order valence-corrected chi connectivity index (χ0v) is 11.0. The Bertz CT molecular complexity index is 545. The molecule has 0 aliphatic carbocycles. The maximum absolute atomic E-state index is 12.5. The van der Waals surface area contributed by atoms with Crippen LogP contribution in [0.3, 0.4) is 0 Å². The van der Waals surface area contributed by atoms with Gasteiger partial charge in [0.2, 0.25) is 0 Å². The van der Waals surface area contributed by atoms with E-state index in [0.29, 0.717) is 12.2 Å². The first-order valence-electron chi connectivity index (χ1n) is 6.30. The van der Waals surface area contributed by atoms with Gasteiger partial charge in [-0.05, 0) is 37.2 Å². The van der Waals surface area contributed by atoms with Gasteiger partial charge < -0.3 is 5.32 Å². The van der Waals surface area contributed by atoms with Gasteiger partial charge in [0, 0.05) is 6.54 Å². The number of halogens is 3. The molecule has 0 spiro atoms. The lowest BCUT2D eigenvalue weighted by Gasteiger charge is -2.07. The van der Waals surface area contributed by atoms with Gasteiger partial charge in [-0.15, -0.1) is 5.10 Å². The van der Waals surface area contributed by atoms with E-state index in [-0.39, 0.29) is 0 Å². The Labute approximate surface area is 114 Å². The Balaban J connectivity index is 2.08. The summed E-state index contributed by atoms with van der Waals surface area (Å²) in [5, 5.41) is 11.0. The van der Waals surface area contributed by atoms with Gasteiger partial charge in [0.1, 0.15) is 0 Å². The highest BCUT2D eigenvalue weighted by Crippen LogP contribution is 2.29. The van der Waals surface area contributed by atoms with Crippen LogP contribution in [0.2, 0.25) is 0 Å². The number of nitrogens with zero attached hydrogens (tertiary/aromatic N) is 3. The summed E-state index contributed by atoms with van der Waals surface area (Å²) in [5.74, 6) is 0.